The molecule has 1 unspecified atom stereocenters. The summed E-state index contributed by atoms with van der Waals surface area (Å²) >= 11 is 0. The van der Waals surface area contributed by atoms with E-state index in [0.29, 0.717) is 12.0 Å². The summed E-state index contributed by atoms with van der Waals surface area (Å²) in [6.45, 7) is 15.5. The van der Waals surface area contributed by atoms with E-state index in [0.717, 1.165) is 32.6 Å². The summed E-state index contributed by atoms with van der Waals surface area (Å²) in [6, 6.07) is 4.97. The first-order valence-corrected chi connectivity index (χ1v) is 12.1. The van der Waals surface area contributed by atoms with E-state index in [1.54, 1.807) is 0 Å². The number of carboxylic acid groups (broad SMARTS) is 3. The van der Waals surface area contributed by atoms with Crippen LogP contribution in [0.1, 0.15) is 68.7 Å². The highest BCUT2D eigenvalue weighted by atomic mass is 16.4. The molecule has 3 heterocycles. The van der Waals surface area contributed by atoms with Gasteiger partial charge >= 0.3 is 17.9 Å². The van der Waals surface area contributed by atoms with Gasteiger partial charge in [0.15, 0.2) is 5.60 Å². The van der Waals surface area contributed by atoms with E-state index in [-0.39, 0.29) is 0 Å². The highest BCUT2D eigenvalue weighted by Gasteiger charge is 2.40. The molecule has 0 fully saturated rings. The normalized spacial score (nSPS) is 15.8. The van der Waals surface area contributed by atoms with E-state index in [1.807, 2.05) is 0 Å². The van der Waals surface area contributed by atoms with E-state index < -0.39 is 36.4 Å². The van der Waals surface area contributed by atoms with E-state index in [2.05, 4.69) is 67.1 Å². The molecule has 0 saturated carbocycles. The molecule has 0 aliphatic carbocycles. The van der Waals surface area contributed by atoms with E-state index >= 15 is 0 Å². The number of hydrogen-bond acceptors (Lipinski definition) is 6. The third-order valence-electron chi connectivity index (χ3n) is 6.43. The number of carbonyl (C=O) groups is 3. The SMILES string of the molecule is CCCn1nc(C)c(CN2CCn3cccc3C2C(C)C)c1C.O=C(O)CC(O)(CC(=O)O)C(=O)O. The fourth-order valence-electron chi connectivity index (χ4n) is 4.71. The number of aromatic nitrogens is 3. The van der Waals surface area contributed by atoms with Crippen LogP contribution in [-0.4, -0.2) is 69.7 Å². The fourth-order valence-corrected chi connectivity index (χ4v) is 4.71. The van der Waals surface area contributed by atoms with Gasteiger partial charge in [0.05, 0.1) is 24.6 Å². The summed E-state index contributed by atoms with van der Waals surface area (Å²) in [6.07, 6.45) is 1.06. The molecule has 36 heavy (non-hydrogen) atoms. The van der Waals surface area contributed by atoms with Crippen LogP contribution in [0.3, 0.4) is 0 Å². The van der Waals surface area contributed by atoms with Gasteiger partial charge in [0.25, 0.3) is 0 Å². The van der Waals surface area contributed by atoms with Crippen molar-refractivity contribution in [3.05, 3.63) is 41.0 Å². The average Bonchev–Trinajstić information content (AvgIpc) is 3.33. The Hall–Kier alpha value is -3.18. The number of aliphatic hydroxyl groups is 1. The molecule has 11 heteroatoms. The Morgan fingerprint density at radius 1 is 1.11 bits per heavy atom. The number of rotatable bonds is 10. The van der Waals surface area contributed by atoms with Crippen molar-refractivity contribution in [1.29, 1.82) is 0 Å². The largest absolute Gasteiger partial charge is 0.481 e. The van der Waals surface area contributed by atoms with Crippen LogP contribution in [0.25, 0.3) is 0 Å². The first-order valence-electron chi connectivity index (χ1n) is 12.1. The first-order chi connectivity index (χ1) is 16.8. The number of aryl methyl sites for hydroxylation is 2. The van der Waals surface area contributed by atoms with Crippen molar-refractivity contribution in [3.8, 4) is 0 Å². The first kappa shape index (κ1) is 29.1. The maximum Gasteiger partial charge on any atom is 0.336 e. The minimum absolute atomic E-state index is 0.493. The molecule has 2 aromatic rings. The van der Waals surface area contributed by atoms with Gasteiger partial charge in [-0.05, 0) is 38.3 Å². The Morgan fingerprint density at radius 3 is 2.22 bits per heavy atom. The Labute approximate surface area is 211 Å². The maximum absolute atomic E-state index is 10.3. The Bertz CT molecular complexity index is 1060. The van der Waals surface area contributed by atoms with Crippen molar-refractivity contribution in [2.45, 2.75) is 85.2 Å². The second kappa shape index (κ2) is 12.2. The van der Waals surface area contributed by atoms with Gasteiger partial charge in [0, 0.05) is 49.3 Å². The monoisotopic (exact) mass is 506 g/mol. The molecule has 0 spiro atoms. The molecule has 0 radical (unpaired) electrons. The highest BCUT2D eigenvalue weighted by Crippen LogP contribution is 2.34. The molecule has 0 saturated heterocycles. The zero-order valence-electron chi connectivity index (χ0n) is 21.6. The summed E-state index contributed by atoms with van der Waals surface area (Å²) in [4.78, 5) is 33.1. The van der Waals surface area contributed by atoms with Crippen molar-refractivity contribution in [2.24, 2.45) is 5.92 Å². The molecule has 200 valence electrons. The molecule has 3 rings (SSSR count). The third kappa shape index (κ3) is 6.94. The van der Waals surface area contributed by atoms with Gasteiger partial charge in [-0.25, -0.2) is 4.79 Å². The topological polar surface area (TPSA) is 158 Å². The van der Waals surface area contributed by atoms with Crippen LogP contribution in [0.2, 0.25) is 0 Å². The summed E-state index contributed by atoms with van der Waals surface area (Å²) < 4.78 is 4.60. The predicted octanol–water partition coefficient (Wildman–Crippen LogP) is 2.68. The molecule has 11 nitrogen and oxygen atoms in total. The zero-order chi connectivity index (χ0) is 27.2. The molecule has 0 aromatic carbocycles. The smallest absolute Gasteiger partial charge is 0.336 e. The number of carboxylic acids is 3. The van der Waals surface area contributed by atoms with Gasteiger partial charge in [-0.3, -0.25) is 19.2 Å². The van der Waals surface area contributed by atoms with Gasteiger partial charge in [-0.15, -0.1) is 0 Å². The summed E-state index contributed by atoms with van der Waals surface area (Å²) in [5.41, 5.74) is 2.68. The van der Waals surface area contributed by atoms with Crippen LogP contribution >= 0.6 is 0 Å². The van der Waals surface area contributed by atoms with E-state index in [1.165, 1.54) is 22.6 Å². The lowest BCUT2D eigenvalue weighted by Gasteiger charge is -2.39. The van der Waals surface area contributed by atoms with Crippen molar-refractivity contribution in [1.82, 2.24) is 19.2 Å². The third-order valence-corrected chi connectivity index (χ3v) is 6.43. The zero-order valence-corrected chi connectivity index (χ0v) is 21.6. The van der Waals surface area contributed by atoms with E-state index in [4.69, 9.17) is 25.5 Å². The van der Waals surface area contributed by atoms with Gasteiger partial charge in [0.2, 0.25) is 0 Å². The summed E-state index contributed by atoms with van der Waals surface area (Å²) in [7, 11) is 0. The van der Waals surface area contributed by atoms with Crippen LogP contribution in [0, 0.1) is 19.8 Å². The average molecular weight is 507 g/mol. The quantitative estimate of drug-likeness (QED) is 0.380. The van der Waals surface area contributed by atoms with Crippen LogP contribution in [0.5, 0.6) is 0 Å². The summed E-state index contributed by atoms with van der Waals surface area (Å²) in [5.74, 6) is -4.41. The number of hydrogen-bond donors (Lipinski definition) is 4. The minimum atomic E-state index is -2.74. The predicted molar refractivity (Wildman–Crippen MR) is 132 cm³/mol. The number of nitrogens with zero attached hydrogens (tertiary/aromatic N) is 4. The lowest BCUT2D eigenvalue weighted by atomic mass is 9.96. The van der Waals surface area contributed by atoms with Crippen LogP contribution in [0.4, 0.5) is 0 Å². The molecule has 1 aliphatic rings. The molecular weight excluding hydrogens is 468 g/mol. The standard InChI is InChI=1S/C19H30N4.C6H8O7/c1-6-9-23-16(5)17(15(4)20-23)13-22-12-11-21-10-7-8-18(21)19(22)14(2)3;7-3(8)1-6(13,5(11)12)2-4(9)10/h7-8,10,14,19H,6,9,11-13H2,1-5H3;13H,1-2H2,(H,7,8)(H,9,10)(H,11,12). The van der Waals surface area contributed by atoms with Gasteiger partial charge in [-0.1, -0.05) is 20.8 Å². The molecule has 0 amide bonds. The molecule has 1 atom stereocenters. The number of fused-ring (bicyclic) bond motifs is 1. The van der Waals surface area contributed by atoms with Crippen LogP contribution in [0.15, 0.2) is 18.3 Å². The van der Waals surface area contributed by atoms with Crippen molar-refractivity contribution in [3.63, 3.8) is 0 Å². The van der Waals surface area contributed by atoms with Gasteiger partial charge in [0.1, 0.15) is 0 Å². The van der Waals surface area contributed by atoms with Crippen LogP contribution < -0.4 is 0 Å². The van der Waals surface area contributed by atoms with Crippen LogP contribution in [-0.2, 0) is 34.0 Å². The van der Waals surface area contributed by atoms with E-state index in [9.17, 15) is 14.4 Å². The maximum atomic E-state index is 10.3. The second-order valence-electron chi connectivity index (χ2n) is 9.64. The second-order valence-corrected chi connectivity index (χ2v) is 9.64. The van der Waals surface area contributed by atoms with Gasteiger partial charge in [-0.2, -0.15) is 5.10 Å². The molecule has 0 bridgehead atoms. The molecule has 2 aromatic heterocycles. The van der Waals surface area contributed by atoms with Crippen molar-refractivity contribution < 1.29 is 34.8 Å². The lowest BCUT2D eigenvalue weighted by molar-refractivity contribution is -0.170. The highest BCUT2D eigenvalue weighted by molar-refractivity contribution is 5.88. The molecule has 1 aliphatic heterocycles. The fraction of sp³-hybridized carbons (Fsp3) is 0.600. The lowest BCUT2D eigenvalue weighted by Crippen LogP contribution is -2.42. The summed E-state index contributed by atoms with van der Waals surface area (Å²) in [5, 5.41) is 38.6. The Balaban J connectivity index is 0.000000302. The number of aliphatic carboxylic acids is 3. The van der Waals surface area contributed by atoms with Crippen molar-refractivity contribution in [2.75, 3.05) is 6.54 Å². The Morgan fingerprint density at radius 2 is 1.72 bits per heavy atom. The minimum Gasteiger partial charge on any atom is -0.481 e. The van der Waals surface area contributed by atoms with Crippen molar-refractivity contribution >= 4 is 17.9 Å². The molecular formula is C25H38N4O7. The molecule has 4 N–H and O–H groups in total. The Kier molecular flexibility index (Phi) is 9.83. The van der Waals surface area contributed by atoms with Gasteiger partial charge < -0.3 is 25.0 Å².